The third kappa shape index (κ3) is 5.33. The van der Waals surface area contributed by atoms with Crippen LogP contribution in [0.15, 0.2) is 29.8 Å². The summed E-state index contributed by atoms with van der Waals surface area (Å²) >= 11 is 1.66. The molecule has 27 heavy (non-hydrogen) atoms. The first-order valence-corrected chi connectivity index (χ1v) is 9.92. The van der Waals surface area contributed by atoms with Crippen molar-refractivity contribution < 1.29 is 14.3 Å². The largest absolute Gasteiger partial charge is 0.493 e. The van der Waals surface area contributed by atoms with Crippen LogP contribution in [0.3, 0.4) is 0 Å². The van der Waals surface area contributed by atoms with Crippen molar-refractivity contribution in [3.63, 3.8) is 0 Å². The number of aromatic nitrogens is 1. The molecule has 0 aliphatic carbocycles. The molecule has 1 aromatic heterocycles. The third-order valence-corrected chi connectivity index (χ3v) is 5.45. The van der Waals surface area contributed by atoms with Gasteiger partial charge in [-0.15, -0.1) is 11.3 Å². The molecule has 7 nitrogen and oxygen atoms in total. The number of benzene rings is 1. The van der Waals surface area contributed by atoms with Crippen LogP contribution in [-0.2, 0) is 11.2 Å². The second kappa shape index (κ2) is 9.57. The molecule has 1 aliphatic rings. The zero-order chi connectivity index (χ0) is 19.1. The smallest absolute Gasteiger partial charge is 0.234 e. The maximum atomic E-state index is 12.2. The van der Waals surface area contributed by atoms with E-state index in [4.69, 9.17) is 9.47 Å². The number of ether oxygens (including phenoxy) is 2. The molecule has 1 aromatic carbocycles. The lowest BCUT2D eigenvalue weighted by molar-refractivity contribution is -0.122. The van der Waals surface area contributed by atoms with E-state index in [1.165, 1.54) is 0 Å². The van der Waals surface area contributed by atoms with Gasteiger partial charge in [0.1, 0.15) is 0 Å². The van der Waals surface area contributed by atoms with E-state index in [1.807, 2.05) is 29.8 Å². The van der Waals surface area contributed by atoms with Crippen molar-refractivity contribution in [2.24, 2.45) is 0 Å². The minimum Gasteiger partial charge on any atom is -0.493 e. The minimum atomic E-state index is 0.0678. The van der Waals surface area contributed by atoms with E-state index >= 15 is 0 Å². The van der Waals surface area contributed by atoms with Gasteiger partial charge in [0.15, 0.2) is 16.6 Å². The van der Waals surface area contributed by atoms with Crippen molar-refractivity contribution in [1.82, 2.24) is 15.2 Å². The number of nitrogens with zero attached hydrogens (tertiary/aromatic N) is 3. The Morgan fingerprint density at radius 2 is 1.96 bits per heavy atom. The molecule has 3 rings (SSSR count). The lowest BCUT2D eigenvalue weighted by atomic mass is 10.1. The fourth-order valence-electron chi connectivity index (χ4n) is 3.11. The van der Waals surface area contributed by atoms with Crippen LogP contribution in [-0.4, -0.2) is 69.3 Å². The van der Waals surface area contributed by atoms with Gasteiger partial charge < -0.3 is 19.7 Å². The molecular formula is C19H26N4O3S. The number of piperazine rings is 1. The number of thiazole rings is 1. The highest BCUT2D eigenvalue weighted by Crippen LogP contribution is 2.27. The maximum Gasteiger partial charge on any atom is 0.234 e. The van der Waals surface area contributed by atoms with Gasteiger partial charge in [-0.1, -0.05) is 6.07 Å². The summed E-state index contributed by atoms with van der Waals surface area (Å²) in [6.07, 6.45) is 2.59. The Labute approximate surface area is 163 Å². The standard InChI is InChI=1S/C19H26N4O3S/c1-25-16-4-3-15(13-17(16)26-2)5-6-20-18(24)14-22-8-10-23(11-9-22)19-21-7-12-27-19/h3-4,7,12-13H,5-6,8-11,14H2,1-2H3,(H,20,24). The Bertz CT molecular complexity index is 731. The van der Waals surface area contributed by atoms with Gasteiger partial charge in [0.2, 0.25) is 5.91 Å². The summed E-state index contributed by atoms with van der Waals surface area (Å²) in [5.41, 5.74) is 1.10. The van der Waals surface area contributed by atoms with Crippen LogP contribution in [0.1, 0.15) is 5.56 Å². The summed E-state index contributed by atoms with van der Waals surface area (Å²) in [6.45, 7) is 4.62. The van der Waals surface area contributed by atoms with E-state index in [0.29, 0.717) is 24.6 Å². The van der Waals surface area contributed by atoms with Crippen molar-refractivity contribution in [3.8, 4) is 11.5 Å². The molecule has 2 aromatic rings. The van der Waals surface area contributed by atoms with E-state index in [9.17, 15) is 4.79 Å². The second-order valence-electron chi connectivity index (χ2n) is 6.37. The third-order valence-electron chi connectivity index (χ3n) is 4.61. The van der Waals surface area contributed by atoms with E-state index in [2.05, 4.69) is 20.1 Å². The van der Waals surface area contributed by atoms with Crippen molar-refractivity contribution in [3.05, 3.63) is 35.3 Å². The molecule has 1 N–H and O–H groups in total. The van der Waals surface area contributed by atoms with Gasteiger partial charge >= 0.3 is 0 Å². The first kappa shape index (κ1) is 19.4. The first-order valence-electron chi connectivity index (χ1n) is 9.04. The SMILES string of the molecule is COc1ccc(CCNC(=O)CN2CCN(c3nccs3)CC2)cc1OC. The summed E-state index contributed by atoms with van der Waals surface area (Å²) in [6, 6.07) is 5.83. The molecule has 1 fully saturated rings. The van der Waals surface area contributed by atoms with Gasteiger partial charge in [-0.25, -0.2) is 4.98 Å². The minimum absolute atomic E-state index is 0.0678. The fourth-order valence-corrected chi connectivity index (χ4v) is 3.81. The lowest BCUT2D eigenvalue weighted by Gasteiger charge is -2.34. The summed E-state index contributed by atoms with van der Waals surface area (Å²) in [7, 11) is 3.24. The van der Waals surface area contributed by atoms with E-state index < -0.39 is 0 Å². The Balaban J connectivity index is 1.38. The van der Waals surface area contributed by atoms with Crippen molar-refractivity contribution in [1.29, 1.82) is 0 Å². The summed E-state index contributed by atoms with van der Waals surface area (Å²) in [4.78, 5) is 21.0. The predicted molar refractivity (Wildman–Crippen MR) is 107 cm³/mol. The molecule has 0 atom stereocenters. The van der Waals surface area contributed by atoms with Crippen LogP contribution < -0.4 is 19.7 Å². The molecule has 2 heterocycles. The molecule has 0 spiro atoms. The monoisotopic (exact) mass is 390 g/mol. The van der Waals surface area contributed by atoms with Gasteiger partial charge in [-0.2, -0.15) is 0 Å². The summed E-state index contributed by atoms with van der Waals surface area (Å²) in [5.74, 6) is 1.49. The number of carbonyl (C=O) groups excluding carboxylic acids is 1. The first-order chi connectivity index (χ1) is 13.2. The highest BCUT2D eigenvalue weighted by atomic mass is 32.1. The van der Waals surface area contributed by atoms with Crippen molar-refractivity contribution in [2.75, 3.05) is 58.4 Å². The highest BCUT2D eigenvalue weighted by molar-refractivity contribution is 7.13. The molecule has 8 heteroatoms. The average molecular weight is 391 g/mol. The quantitative estimate of drug-likeness (QED) is 0.739. The van der Waals surface area contributed by atoms with E-state index in [1.54, 1.807) is 25.6 Å². The molecule has 1 aliphatic heterocycles. The Morgan fingerprint density at radius 1 is 1.19 bits per heavy atom. The molecule has 0 unspecified atom stereocenters. The number of nitrogens with one attached hydrogen (secondary N) is 1. The van der Waals surface area contributed by atoms with E-state index in [-0.39, 0.29) is 5.91 Å². The predicted octanol–water partition coefficient (Wildman–Crippen LogP) is 1.64. The number of carbonyl (C=O) groups is 1. The van der Waals surface area contributed by atoms with E-state index in [0.717, 1.165) is 43.3 Å². The summed E-state index contributed by atoms with van der Waals surface area (Å²) < 4.78 is 10.6. The number of amides is 1. The second-order valence-corrected chi connectivity index (χ2v) is 7.24. The summed E-state index contributed by atoms with van der Waals surface area (Å²) in [5, 5.41) is 6.06. The average Bonchev–Trinajstić information content (AvgIpc) is 3.23. The number of hydrogen-bond acceptors (Lipinski definition) is 7. The number of rotatable bonds is 8. The van der Waals surface area contributed by atoms with Crippen LogP contribution in [0.2, 0.25) is 0 Å². The van der Waals surface area contributed by atoms with Crippen LogP contribution in [0.4, 0.5) is 5.13 Å². The van der Waals surface area contributed by atoms with Crippen LogP contribution >= 0.6 is 11.3 Å². The van der Waals surface area contributed by atoms with Crippen molar-refractivity contribution in [2.45, 2.75) is 6.42 Å². The van der Waals surface area contributed by atoms with Crippen LogP contribution in [0.5, 0.6) is 11.5 Å². The molecule has 146 valence electrons. The maximum absolute atomic E-state index is 12.2. The fraction of sp³-hybridized carbons (Fsp3) is 0.474. The van der Waals surface area contributed by atoms with Crippen LogP contribution in [0, 0.1) is 0 Å². The Kier molecular flexibility index (Phi) is 6.89. The Hall–Kier alpha value is -2.32. The zero-order valence-electron chi connectivity index (χ0n) is 15.8. The normalized spacial score (nSPS) is 14.8. The van der Waals surface area contributed by atoms with Crippen molar-refractivity contribution >= 4 is 22.4 Å². The molecule has 0 bridgehead atoms. The van der Waals surface area contributed by atoms with Gasteiger partial charge in [-0.05, 0) is 24.1 Å². The van der Waals surface area contributed by atoms with Crippen LogP contribution in [0.25, 0.3) is 0 Å². The topological polar surface area (TPSA) is 66.9 Å². The number of hydrogen-bond donors (Lipinski definition) is 1. The van der Waals surface area contributed by atoms with Gasteiger partial charge in [0, 0.05) is 44.3 Å². The van der Waals surface area contributed by atoms with Gasteiger partial charge in [-0.3, -0.25) is 9.69 Å². The Morgan fingerprint density at radius 3 is 2.63 bits per heavy atom. The molecule has 0 saturated carbocycles. The number of methoxy groups -OCH3 is 2. The highest BCUT2D eigenvalue weighted by Gasteiger charge is 2.20. The molecule has 1 saturated heterocycles. The number of anilines is 1. The molecular weight excluding hydrogens is 364 g/mol. The zero-order valence-corrected chi connectivity index (χ0v) is 16.6. The molecule has 0 radical (unpaired) electrons. The van der Waals surface area contributed by atoms with Gasteiger partial charge in [0.05, 0.1) is 20.8 Å². The van der Waals surface area contributed by atoms with Gasteiger partial charge in [0.25, 0.3) is 0 Å². The lowest BCUT2D eigenvalue weighted by Crippen LogP contribution is -2.49. The molecule has 1 amide bonds.